The lowest BCUT2D eigenvalue weighted by Gasteiger charge is -2.36. The van der Waals surface area contributed by atoms with Crippen LogP contribution in [0.3, 0.4) is 0 Å². The first-order valence-corrected chi connectivity index (χ1v) is 9.88. The molecule has 2 aromatic rings. The molecule has 0 bridgehead atoms. The molecule has 160 valence electrons. The number of hydrogen-bond acceptors (Lipinski definition) is 6. The van der Waals surface area contributed by atoms with E-state index in [0.29, 0.717) is 49.8 Å². The van der Waals surface area contributed by atoms with E-state index in [2.05, 4.69) is 4.90 Å². The molecule has 0 aliphatic carbocycles. The molecule has 0 atom stereocenters. The van der Waals surface area contributed by atoms with Crippen LogP contribution in [0.4, 0.5) is 5.69 Å². The third-order valence-electron chi connectivity index (χ3n) is 4.85. The molecule has 0 saturated carbocycles. The Labute approximate surface area is 176 Å². The first kappa shape index (κ1) is 21.3. The molecule has 0 aromatic heterocycles. The molecule has 1 fully saturated rings. The van der Waals surface area contributed by atoms with Crippen molar-refractivity contribution >= 4 is 17.5 Å². The van der Waals surface area contributed by atoms with Gasteiger partial charge in [0, 0.05) is 31.7 Å². The molecular formula is C22H27N3O5. The molecule has 1 saturated heterocycles. The van der Waals surface area contributed by atoms with Crippen molar-refractivity contribution in [1.29, 1.82) is 0 Å². The van der Waals surface area contributed by atoms with Crippen molar-refractivity contribution in [2.45, 2.75) is 6.92 Å². The van der Waals surface area contributed by atoms with Crippen molar-refractivity contribution in [1.82, 2.24) is 4.90 Å². The maximum Gasteiger partial charge on any atom is 0.255 e. The number of nitrogens with zero attached hydrogens (tertiary/aromatic N) is 2. The van der Waals surface area contributed by atoms with Gasteiger partial charge in [-0.15, -0.1) is 0 Å². The zero-order valence-electron chi connectivity index (χ0n) is 17.3. The van der Waals surface area contributed by atoms with Gasteiger partial charge in [0.25, 0.3) is 11.8 Å². The number of methoxy groups -OCH3 is 1. The highest BCUT2D eigenvalue weighted by Crippen LogP contribution is 2.30. The number of nitrogens with two attached hydrogens (primary N) is 1. The third-order valence-corrected chi connectivity index (χ3v) is 4.85. The van der Waals surface area contributed by atoms with Gasteiger partial charge in [0.2, 0.25) is 0 Å². The first-order chi connectivity index (χ1) is 14.5. The largest absolute Gasteiger partial charge is 0.493 e. The minimum atomic E-state index is -0.582. The summed E-state index contributed by atoms with van der Waals surface area (Å²) in [5.74, 6) is 0.945. The highest BCUT2D eigenvalue weighted by molar-refractivity contribution is 5.95. The van der Waals surface area contributed by atoms with Crippen molar-refractivity contribution in [3.63, 3.8) is 0 Å². The molecule has 2 amide bonds. The summed E-state index contributed by atoms with van der Waals surface area (Å²) in [6.45, 7) is 4.94. The van der Waals surface area contributed by atoms with E-state index in [4.69, 9.17) is 19.9 Å². The van der Waals surface area contributed by atoms with Crippen LogP contribution in [0.1, 0.15) is 17.3 Å². The van der Waals surface area contributed by atoms with Gasteiger partial charge in [-0.2, -0.15) is 0 Å². The van der Waals surface area contributed by atoms with Crippen molar-refractivity contribution in [2.24, 2.45) is 5.73 Å². The predicted molar refractivity (Wildman–Crippen MR) is 113 cm³/mol. The fourth-order valence-corrected chi connectivity index (χ4v) is 3.40. The number of rotatable bonds is 8. The molecule has 2 N–H and O–H groups in total. The molecule has 1 heterocycles. The van der Waals surface area contributed by atoms with Crippen LogP contribution in [0.25, 0.3) is 0 Å². The summed E-state index contributed by atoms with van der Waals surface area (Å²) in [6.07, 6.45) is 0. The highest BCUT2D eigenvalue weighted by Gasteiger charge is 2.24. The van der Waals surface area contributed by atoms with Gasteiger partial charge in [-0.25, -0.2) is 0 Å². The molecule has 8 heteroatoms. The molecule has 1 aliphatic rings. The van der Waals surface area contributed by atoms with Crippen molar-refractivity contribution < 1.29 is 23.8 Å². The minimum Gasteiger partial charge on any atom is -0.493 e. The Morgan fingerprint density at radius 3 is 2.37 bits per heavy atom. The summed E-state index contributed by atoms with van der Waals surface area (Å²) in [5.41, 5.74) is 6.66. The average molecular weight is 413 g/mol. The second kappa shape index (κ2) is 9.87. The zero-order chi connectivity index (χ0) is 21.5. The van der Waals surface area contributed by atoms with Gasteiger partial charge >= 0.3 is 0 Å². The fourth-order valence-electron chi connectivity index (χ4n) is 3.40. The lowest BCUT2D eigenvalue weighted by atomic mass is 10.1. The summed E-state index contributed by atoms with van der Waals surface area (Å²) in [4.78, 5) is 27.9. The Morgan fingerprint density at radius 1 is 0.967 bits per heavy atom. The number of anilines is 1. The predicted octanol–water partition coefficient (Wildman–Crippen LogP) is 1.92. The second-order valence-corrected chi connectivity index (χ2v) is 6.80. The number of carbonyl (C=O) groups excluding carboxylic acids is 2. The summed E-state index contributed by atoms with van der Waals surface area (Å²) in [5, 5.41) is 0. The lowest BCUT2D eigenvalue weighted by molar-refractivity contribution is -0.119. The van der Waals surface area contributed by atoms with E-state index in [1.165, 1.54) is 7.11 Å². The minimum absolute atomic E-state index is 0.0764. The Bertz CT molecular complexity index is 894. The molecule has 0 unspecified atom stereocenters. The summed E-state index contributed by atoms with van der Waals surface area (Å²) in [7, 11) is 1.48. The standard InChI is InChI=1S/C22H27N3O5/c1-3-29-18-7-5-4-6-17(18)24-10-12-25(13-11-24)22(27)16-8-9-19(20(14-16)28-2)30-15-21(23)26/h4-9,14H,3,10-13,15H2,1-2H3,(H2,23,26). The number of piperazine rings is 1. The Balaban J connectivity index is 1.66. The number of benzene rings is 2. The van der Waals surface area contributed by atoms with Crippen LogP contribution >= 0.6 is 0 Å². The molecular weight excluding hydrogens is 386 g/mol. The van der Waals surface area contributed by atoms with Crippen LogP contribution in [0, 0.1) is 0 Å². The molecule has 0 radical (unpaired) electrons. The number of ether oxygens (including phenoxy) is 3. The van der Waals surface area contributed by atoms with E-state index in [0.717, 1.165) is 11.4 Å². The topological polar surface area (TPSA) is 94.3 Å². The smallest absolute Gasteiger partial charge is 0.255 e. The maximum absolute atomic E-state index is 13.0. The highest BCUT2D eigenvalue weighted by atomic mass is 16.5. The van der Waals surface area contributed by atoms with Crippen LogP contribution < -0.4 is 24.8 Å². The van der Waals surface area contributed by atoms with E-state index in [9.17, 15) is 9.59 Å². The van der Waals surface area contributed by atoms with Crippen LogP contribution in [-0.4, -0.2) is 63.2 Å². The fraction of sp³-hybridized carbons (Fsp3) is 0.364. The summed E-state index contributed by atoms with van der Waals surface area (Å²) in [6, 6.07) is 12.8. The second-order valence-electron chi connectivity index (χ2n) is 6.80. The monoisotopic (exact) mass is 413 g/mol. The first-order valence-electron chi connectivity index (χ1n) is 9.88. The zero-order valence-corrected chi connectivity index (χ0v) is 17.3. The number of carbonyl (C=O) groups is 2. The Morgan fingerprint density at radius 2 is 1.70 bits per heavy atom. The van der Waals surface area contributed by atoms with Crippen LogP contribution in [0.5, 0.6) is 17.2 Å². The van der Waals surface area contributed by atoms with Crippen LogP contribution in [0.2, 0.25) is 0 Å². The number of primary amides is 1. The van der Waals surface area contributed by atoms with Crippen molar-refractivity contribution in [3.05, 3.63) is 48.0 Å². The van der Waals surface area contributed by atoms with Gasteiger partial charge in [0.05, 0.1) is 19.4 Å². The number of para-hydroxylation sites is 2. The van der Waals surface area contributed by atoms with Gasteiger partial charge < -0.3 is 29.7 Å². The van der Waals surface area contributed by atoms with Crippen LogP contribution in [0.15, 0.2) is 42.5 Å². The SMILES string of the molecule is CCOc1ccccc1N1CCN(C(=O)c2ccc(OCC(N)=O)c(OC)c2)CC1. The summed E-state index contributed by atoms with van der Waals surface area (Å²) < 4.78 is 16.3. The van der Waals surface area contributed by atoms with Gasteiger partial charge in [-0.05, 0) is 37.3 Å². The van der Waals surface area contributed by atoms with E-state index in [1.807, 2.05) is 36.1 Å². The van der Waals surface area contributed by atoms with Gasteiger partial charge in [-0.3, -0.25) is 9.59 Å². The van der Waals surface area contributed by atoms with Crippen LogP contribution in [-0.2, 0) is 4.79 Å². The van der Waals surface area contributed by atoms with E-state index < -0.39 is 5.91 Å². The maximum atomic E-state index is 13.0. The quantitative estimate of drug-likeness (QED) is 0.711. The van der Waals surface area contributed by atoms with Gasteiger partial charge in [0.1, 0.15) is 5.75 Å². The molecule has 2 aromatic carbocycles. The van der Waals surface area contributed by atoms with Gasteiger partial charge in [0.15, 0.2) is 18.1 Å². The van der Waals surface area contributed by atoms with Crippen molar-refractivity contribution in [2.75, 3.05) is 51.4 Å². The Hall–Kier alpha value is -3.42. The van der Waals surface area contributed by atoms with E-state index in [1.54, 1.807) is 18.2 Å². The van der Waals surface area contributed by atoms with Gasteiger partial charge in [-0.1, -0.05) is 12.1 Å². The Kier molecular flexibility index (Phi) is 7.00. The molecule has 3 rings (SSSR count). The molecule has 1 aliphatic heterocycles. The average Bonchev–Trinajstić information content (AvgIpc) is 2.78. The van der Waals surface area contributed by atoms with E-state index in [-0.39, 0.29) is 12.5 Å². The van der Waals surface area contributed by atoms with Crippen molar-refractivity contribution in [3.8, 4) is 17.2 Å². The molecule has 8 nitrogen and oxygen atoms in total. The third kappa shape index (κ3) is 4.94. The van der Waals surface area contributed by atoms with E-state index >= 15 is 0 Å². The normalized spacial score (nSPS) is 13.7. The molecule has 0 spiro atoms. The number of hydrogen-bond donors (Lipinski definition) is 1. The molecule has 30 heavy (non-hydrogen) atoms. The summed E-state index contributed by atoms with van der Waals surface area (Å²) >= 11 is 0. The number of amides is 2. The lowest BCUT2D eigenvalue weighted by Crippen LogP contribution is -2.48.